The van der Waals surface area contributed by atoms with Crippen molar-refractivity contribution >= 4 is 5.96 Å². The van der Waals surface area contributed by atoms with Gasteiger partial charge in [-0.1, -0.05) is 12.1 Å². The summed E-state index contributed by atoms with van der Waals surface area (Å²) in [4.78, 5) is 11.2. The molecule has 0 bridgehead atoms. The molecule has 1 unspecified atom stereocenters. The lowest BCUT2D eigenvalue weighted by Gasteiger charge is -2.33. The largest absolute Gasteiger partial charge is 0.489 e. The number of hydrogen-bond acceptors (Lipinski definition) is 4. The standard InChI is InChI=1S/C22H30FN5O/c1-17(29-21-8-5-6-18(23)14-21)15-26-22(24-2)27-19-9-12-28(13-10-19)16-20-7-3-4-11-25-20/h3-8,11,14,17,19H,9-10,12-13,15-16H2,1-2H3,(H2,24,26,27). The minimum absolute atomic E-state index is 0.115. The number of benzene rings is 1. The SMILES string of the molecule is CN=C(NCC(C)Oc1cccc(F)c1)NC1CCN(Cc2ccccn2)CC1. The summed E-state index contributed by atoms with van der Waals surface area (Å²) in [5.41, 5.74) is 1.11. The van der Waals surface area contributed by atoms with E-state index in [2.05, 4.69) is 31.6 Å². The third-order valence-corrected chi connectivity index (χ3v) is 4.95. The molecular formula is C22H30FN5O. The Bertz CT molecular complexity index is 778. The second-order valence-electron chi connectivity index (χ2n) is 7.35. The second-order valence-corrected chi connectivity index (χ2v) is 7.35. The molecule has 0 aliphatic carbocycles. The van der Waals surface area contributed by atoms with Crippen LogP contribution in [-0.2, 0) is 6.54 Å². The van der Waals surface area contributed by atoms with E-state index in [1.54, 1.807) is 19.2 Å². The molecule has 0 saturated carbocycles. The maximum atomic E-state index is 13.3. The van der Waals surface area contributed by atoms with Crippen molar-refractivity contribution in [3.63, 3.8) is 0 Å². The molecule has 1 saturated heterocycles. The first-order valence-electron chi connectivity index (χ1n) is 10.1. The number of ether oxygens (including phenoxy) is 1. The molecule has 2 heterocycles. The van der Waals surface area contributed by atoms with Gasteiger partial charge in [-0.25, -0.2) is 4.39 Å². The summed E-state index contributed by atoms with van der Waals surface area (Å²) in [6.07, 6.45) is 3.85. The molecule has 1 aromatic carbocycles. The van der Waals surface area contributed by atoms with Gasteiger partial charge in [0.15, 0.2) is 5.96 Å². The number of pyridine rings is 1. The number of nitrogens with zero attached hydrogens (tertiary/aromatic N) is 3. The van der Waals surface area contributed by atoms with Crippen LogP contribution in [0.1, 0.15) is 25.5 Å². The van der Waals surface area contributed by atoms with Gasteiger partial charge >= 0.3 is 0 Å². The number of piperidine rings is 1. The minimum Gasteiger partial charge on any atom is -0.489 e. The number of aromatic nitrogens is 1. The zero-order valence-electron chi connectivity index (χ0n) is 17.1. The number of guanidine groups is 1. The molecule has 1 fully saturated rings. The van der Waals surface area contributed by atoms with E-state index >= 15 is 0 Å². The summed E-state index contributed by atoms with van der Waals surface area (Å²) in [6.45, 7) is 5.49. The van der Waals surface area contributed by atoms with Gasteiger partial charge in [0.2, 0.25) is 0 Å². The molecule has 1 aliphatic rings. The van der Waals surface area contributed by atoms with Crippen molar-refractivity contribution < 1.29 is 9.13 Å². The minimum atomic E-state index is -0.297. The molecule has 0 radical (unpaired) electrons. The molecule has 7 heteroatoms. The van der Waals surface area contributed by atoms with Gasteiger partial charge in [0.25, 0.3) is 0 Å². The Morgan fingerprint density at radius 3 is 2.79 bits per heavy atom. The number of nitrogens with one attached hydrogen (secondary N) is 2. The molecule has 0 spiro atoms. The number of rotatable bonds is 7. The molecule has 1 aliphatic heterocycles. The third kappa shape index (κ3) is 7.02. The van der Waals surface area contributed by atoms with Crippen molar-refractivity contribution in [1.82, 2.24) is 20.5 Å². The summed E-state index contributed by atoms with van der Waals surface area (Å²) in [7, 11) is 1.77. The zero-order valence-corrected chi connectivity index (χ0v) is 17.1. The lowest BCUT2D eigenvalue weighted by molar-refractivity contribution is 0.195. The Labute approximate surface area is 172 Å². The van der Waals surface area contributed by atoms with E-state index in [0.29, 0.717) is 18.3 Å². The molecule has 2 aromatic rings. The van der Waals surface area contributed by atoms with Gasteiger partial charge in [0.05, 0.1) is 12.2 Å². The maximum Gasteiger partial charge on any atom is 0.191 e. The van der Waals surface area contributed by atoms with Gasteiger partial charge in [-0.05, 0) is 44.0 Å². The lowest BCUT2D eigenvalue weighted by atomic mass is 10.0. The molecule has 29 heavy (non-hydrogen) atoms. The summed E-state index contributed by atoms with van der Waals surface area (Å²) < 4.78 is 19.0. The van der Waals surface area contributed by atoms with Crippen LogP contribution in [0.3, 0.4) is 0 Å². The van der Waals surface area contributed by atoms with Gasteiger partial charge < -0.3 is 15.4 Å². The van der Waals surface area contributed by atoms with E-state index in [9.17, 15) is 4.39 Å². The second kappa shape index (κ2) is 10.8. The van der Waals surface area contributed by atoms with Crippen molar-refractivity contribution in [3.05, 3.63) is 60.2 Å². The molecule has 0 amide bonds. The van der Waals surface area contributed by atoms with Crippen LogP contribution in [0, 0.1) is 5.82 Å². The van der Waals surface area contributed by atoms with Crippen molar-refractivity contribution in [1.29, 1.82) is 0 Å². The Morgan fingerprint density at radius 2 is 2.10 bits per heavy atom. The first kappa shape index (κ1) is 21.0. The average molecular weight is 400 g/mol. The summed E-state index contributed by atoms with van der Waals surface area (Å²) >= 11 is 0. The maximum absolute atomic E-state index is 13.3. The molecule has 6 nitrogen and oxygen atoms in total. The quantitative estimate of drug-likeness (QED) is 0.554. The molecule has 2 N–H and O–H groups in total. The third-order valence-electron chi connectivity index (χ3n) is 4.95. The van der Waals surface area contributed by atoms with Gasteiger partial charge in [0, 0.05) is 45.0 Å². The van der Waals surface area contributed by atoms with Crippen molar-refractivity contribution in [2.75, 3.05) is 26.7 Å². The highest BCUT2D eigenvalue weighted by atomic mass is 19.1. The van der Waals surface area contributed by atoms with Gasteiger partial charge in [-0.15, -0.1) is 0 Å². The monoisotopic (exact) mass is 399 g/mol. The van der Waals surface area contributed by atoms with Crippen LogP contribution in [0.15, 0.2) is 53.7 Å². The normalized spacial score (nSPS) is 17.0. The fraction of sp³-hybridized carbons (Fsp3) is 0.455. The smallest absolute Gasteiger partial charge is 0.191 e. The van der Waals surface area contributed by atoms with Crippen LogP contribution >= 0.6 is 0 Å². The topological polar surface area (TPSA) is 61.8 Å². The Balaban J connectivity index is 1.38. The fourth-order valence-corrected chi connectivity index (χ4v) is 3.40. The predicted octanol–water partition coefficient (Wildman–Crippen LogP) is 2.82. The fourth-order valence-electron chi connectivity index (χ4n) is 3.40. The van der Waals surface area contributed by atoms with Crippen LogP contribution in [0.5, 0.6) is 5.75 Å². The highest BCUT2D eigenvalue weighted by molar-refractivity contribution is 5.80. The number of likely N-dealkylation sites (tertiary alicyclic amines) is 1. The van der Waals surface area contributed by atoms with Crippen LogP contribution in [-0.4, -0.2) is 54.7 Å². The van der Waals surface area contributed by atoms with Gasteiger partial charge in [-0.3, -0.25) is 14.9 Å². The number of hydrogen-bond donors (Lipinski definition) is 2. The Kier molecular flexibility index (Phi) is 7.81. The van der Waals surface area contributed by atoms with E-state index < -0.39 is 0 Å². The summed E-state index contributed by atoms with van der Waals surface area (Å²) in [5.74, 6) is 1.000. The molecule has 3 rings (SSSR count). The van der Waals surface area contributed by atoms with Crippen LogP contribution < -0.4 is 15.4 Å². The molecule has 1 atom stereocenters. The zero-order chi connectivity index (χ0) is 20.5. The Hall–Kier alpha value is -2.67. The highest BCUT2D eigenvalue weighted by Gasteiger charge is 2.20. The molecular weight excluding hydrogens is 369 g/mol. The van der Waals surface area contributed by atoms with E-state index in [-0.39, 0.29) is 11.9 Å². The predicted molar refractivity (Wildman–Crippen MR) is 114 cm³/mol. The van der Waals surface area contributed by atoms with Crippen molar-refractivity contribution in [2.24, 2.45) is 4.99 Å². The van der Waals surface area contributed by atoms with Crippen LogP contribution in [0.25, 0.3) is 0 Å². The summed E-state index contributed by atoms with van der Waals surface area (Å²) in [6, 6.07) is 12.6. The van der Waals surface area contributed by atoms with Crippen LogP contribution in [0.2, 0.25) is 0 Å². The average Bonchev–Trinajstić information content (AvgIpc) is 2.73. The van der Waals surface area contributed by atoms with Crippen molar-refractivity contribution in [3.8, 4) is 5.75 Å². The first-order valence-corrected chi connectivity index (χ1v) is 10.1. The van der Waals surface area contributed by atoms with Gasteiger partial charge in [-0.2, -0.15) is 0 Å². The van der Waals surface area contributed by atoms with E-state index in [1.165, 1.54) is 12.1 Å². The number of halogens is 1. The Morgan fingerprint density at radius 1 is 1.28 bits per heavy atom. The van der Waals surface area contributed by atoms with E-state index in [0.717, 1.165) is 44.1 Å². The van der Waals surface area contributed by atoms with Crippen LogP contribution in [0.4, 0.5) is 4.39 Å². The van der Waals surface area contributed by atoms with Gasteiger partial charge in [0.1, 0.15) is 17.7 Å². The first-order chi connectivity index (χ1) is 14.1. The number of aliphatic imine (C=N–C) groups is 1. The molecule has 156 valence electrons. The van der Waals surface area contributed by atoms with E-state index in [4.69, 9.17) is 4.74 Å². The molecule has 1 aromatic heterocycles. The lowest BCUT2D eigenvalue weighted by Crippen LogP contribution is -2.49. The van der Waals surface area contributed by atoms with E-state index in [1.807, 2.05) is 25.3 Å². The highest BCUT2D eigenvalue weighted by Crippen LogP contribution is 2.14. The summed E-state index contributed by atoms with van der Waals surface area (Å²) in [5, 5.41) is 6.80. The van der Waals surface area contributed by atoms with Crippen molar-refractivity contribution in [2.45, 2.75) is 38.5 Å².